The average molecular weight is 433 g/mol. The summed E-state index contributed by atoms with van der Waals surface area (Å²) in [5.41, 5.74) is 5.77. The van der Waals surface area contributed by atoms with Crippen molar-refractivity contribution in [1.29, 1.82) is 0 Å². The predicted molar refractivity (Wildman–Crippen MR) is 132 cm³/mol. The van der Waals surface area contributed by atoms with Crippen LogP contribution in [0.3, 0.4) is 0 Å². The number of carbonyl (C=O) groups is 1. The largest absolute Gasteiger partial charge is 0.371 e. The number of aromatic nitrogens is 1. The third-order valence-corrected chi connectivity index (χ3v) is 6.91. The summed E-state index contributed by atoms with van der Waals surface area (Å²) in [6.07, 6.45) is 12.9. The van der Waals surface area contributed by atoms with E-state index in [4.69, 9.17) is 0 Å². The number of likely N-dealkylation sites (tertiary alicyclic amines) is 1. The first kappa shape index (κ1) is 22.5. The first-order chi connectivity index (χ1) is 15.6. The fourth-order valence-corrected chi connectivity index (χ4v) is 4.91. The first-order valence-electron chi connectivity index (χ1n) is 12.1. The summed E-state index contributed by atoms with van der Waals surface area (Å²) in [4.78, 5) is 21.7. The van der Waals surface area contributed by atoms with Gasteiger partial charge < -0.3 is 15.1 Å². The van der Waals surface area contributed by atoms with Crippen LogP contribution in [0.2, 0.25) is 0 Å². The fraction of sp³-hybridized carbons (Fsp3) is 0.481. The molecule has 4 rings (SSSR count). The standard InChI is InChI=1S/C27H36N4O/c1-21-6-5-7-22(2)24(21)9-8-23-11-17-30(18-12-23)19-14-29-27(32)25-20-28-13-10-26(25)31-15-3-4-16-31/h5-10,13,20,23H,3-4,11-12,14-19H2,1-2H3,(H,29,32)/b9-8+. The number of nitrogens with one attached hydrogen (secondary N) is 1. The van der Waals surface area contributed by atoms with Crippen LogP contribution in [0, 0.1) is 19.8 Å². The zero-order valence-corrected chi connectivity index (χ0v) is 19.5. The number of carbonyl (C=O) groups excluding carboxylic acids is 1. The number of allylic oxidation sites excluding steroid dienone is 1. The minimum Gasteiger partial charge on any atom is -0.371 e. The van der Waals surface area contributed by atoms with Gasteiger partial charge in [0.15, 0.2) is 0 Å². The lowest BCUT2D eigenvalue weighted by molar-refractivity contribution is 0.0945. The summed E-state index contributed by atoms with van der Waals surface area (Å²) < 4.78 is 0. The van der Waals surface area contributed by atoms with Gasteiger partial charge in [0, 0.05) is 38.6 Å². The second-order valence-electron chi connectivity index (χ2n) is 9.19. The zero-order chi connectivity index (χ0) is 22.3. The molecule has 1 N–H and O–H groups in total. The second-order valence-corrected chi connectivity index (χ2v) is 9.19. The Kier molecular flexibility index (Phi) is 7.59. The predicted octanol–water partition coefficient (Wildman–Crippen LogP) is 4.45. The Morgan fingerprint density at radius 3 is 2.53 bits per heavy atom. The molecule has 1 aromatic heterocycles. The topological polar surface area (TPSA) is 48.5 Å². The molecule has 0 unspecified atom stereocenters. The normalized spacial score (nSPS) is 17.9. The summed E-state index contributed by atoms with van der Waals surface area (Å²) in [5, 5.41) is 3.12. The van der Waals surface area contributed by atoms with Crippen LogP contribution in [-0.2, 0) is 0 Å². The van der Waals surface area contributed by atoms with Gasteiger partial charge in [-0.05, 0) is 81.3 Å². The van der Waals surface area contributed by atoms with Crippen LogP contribution >= 0.6 is 0 Å². The third-order valence-electron chi connectivity index (χ3n) is 6.91. The van der Waals surface area contributed by atoms with Crippen molar-refractivity contribution in [3.63, 3.8) is 0 Å². The van der Waals surface area contributed by atoms with Crippen LogP contribution in [0.25, 0.3) is 6.08 Å². The molecule has 0 bridgehead atoms. The van der Waals surface area contributed by atoms with E-state index in [1.807, 2.05) is 6.07 Å². The van der Waals surface area contributed by atoms with Crippen molar-refractivity contribution < 1.29 is 4.79 Å². The SMILES string of the molecule is Cc1cccc(C)c1/C=C/C1CCN(CCNC(=O)c2cnccc2N2CCCC2)CC1. The van der Waals surface area contributed by atoms with Crippen molar-refractivity contribution >= 4 is 17.7 Å². The maximum Gasteiger partial charge on any atom is 0.255 e. The Morgan fingerprint density at radius 1 is 1.09 bits per heavy atom. The summed E-state index contributed by atoms with van der Waals surface area (Å²) in [6.45, 7) is 10.2. The van der Waals surface area contributed by atoms with Crippen molar-refractivity contribution in [3.8, 4) is 0 Å². The number of piperidine rings is 1. The molecule has 2 aliphatic rings. The highest BCUT2D eigenvalue weighted by Gasteiger charge is 2.20. The zero-order valence-electron chi connectivity index (χ0n) is 19.5. The summed E-state index contributed by atoms with van der Waals surface area (Å²) in [5.74, 6) is 0.629. The van der Waals surface area contributed by atoms with Gasteiger partial charge in [0.1, 0.15) is 0 Å². The number of benzene rings is 1. The van der Waals surface area contributed by atoms with Crippen molar-refractivity contribution in [2.75, 3.05) is 44.2 Å². The molecule has 2 saturated heterocycles. The molecule has 0 spiro atoms. The van der Waals surface area contributed by atoms with Gasteiger partial charge in [0.2, 0.25) is 0 Å². The highest BCUT2D eigenvalue weighted by Crippen LogP contribution is 2.24. The lowest BCUT2D eigenvalue weighted by Gasteiger charge is -2.30. The summed E-state index contributed by atoms with van der Waals surface area (Å²) >= 11 is 0. The molecule has 1 amide bonds. The molecule has 0 saturated carbocycles. The van der Waals surface area contributed by atoms with Crippen LogP contribution in [-0.4, -0.2) is 55.1 Å². The van der Waals surface area contributed by atoms with E-state index < -0.39 is 0 Å². The molecule has 170 valence electrons. The minimum atomic E-state index is -0.00794. The van der Waals surface area contributed by atoms with E-state index in [1.165, 1.54) is 42.4 Å². The highest BCUT2D eigenvalue weighted by atomic mass is 16.1. The molecule has 0 atom stereocenters. The number of aryl methyl sites for hydroxylation is 2. The molecule has 5 nitrogen and oxygen atoms in total. The van der Waals surface area contributed by atoms with Crippen molar-refractivity contribution in [2.45, 2.75) is 39.5 Å². The fourth-order valence-electron chi connectivity index (χ4n) is 4.91. The maximum atomic E-state index is 12.8. The number of anilines is 1. The molecular formula is C27H36N4O. The van der Waals surface area contributed by atoms with Crippen molar-refractivity contribution in [1.82, 2.24) is 15.2 Å². The Balaban J connectivity index is 1.22. The van der Waals surface area contributed by atoms with Crippen LogP contribution in [0.1, 0.15) is 52.7 Å². The van der Waals surface area contributed by atoms with Crippen LogP contribution in [0.5, 0.6) is 0 Å². The van der Waals surface area contributed by atoms with Gasteiger partial charge >= 0.3 is 0 Å². The number of amides is 1. The molecule has 0 radical (unpaired) electrons. The molecule has 32 heavy (non-hydrogen) atoms. The van der Waals surface area contributed by atoms with Gasteiger partial charge in [-0.1, -0.05) is 30.4 Å². The van der Waals surface area contributed by atoms with Crippen LogP contribution < -0.4 is 10.2 Å². The number of rotatable bonds is 7. The Hall–Kier alpha value is -2.66. The van der Waals surface area contributed by atoms with E-state index in [1.54, 1.807) is 12.4 Å². The molecule has 5 heteroatoms. The Morgan fingerprint density at radius 2 is 1.81 bits per heavy atom. The van der Waals surface area contributed by atoms with Gasteiger partial charge in [-0.3, -0.25) is 9.78 Å². The van der Waals surface area contributed by atoms with Gasteiger partial charge in [-0.25, -0.2) is 0 Å². The first-order valence-corrected chi connectivity index (χ1v) is 12.1. The van der Waals surface area contributed by atoms with Crippen LogP contribution in [0.15, 0.2) is 42.7 Å². The lowest BCUT2D eigenvalue weighted by Crippen LogP contribution is -2.39. The molecule has 2 aliphatic heterocycles. The number of nitrogens with zero attached hydrogens (tertiary/aromatic N) is 3. The summed E-state index contributed by atoms with van der Waals surface area (Å²) in [6, 6.07) is 8.46. The molecule has 2 fully saturated rings. The quantitative estimate of drug-likeness (QED) is 0.702. The molecule has 2 aromatic rings. The Labute approximate surface area is 192 Å². The van der Waals surface area contributed by atoms with Crippen molar-refractivity contribution in [3.05, 3.63) is 65.0 Å². The lowest BCUT2D eigenvalue weighted by atomic mass is 9.94. The molecule has 1 aromatic carbocycles. The molecule has 0 aliphatic carbocycles. The van der Waals surface area contributed by atoms with Gasteiger partial charge in [-0.15, -0.1) is 0 Å². The Bertz CT molecular complexity index is 920. The summed E-state index contributed by atoms with van der Waals surface area (Å²) in [7, 11) is 0. The van der Waals surface area contributed by atoms with E-state index in [0.29, 0.717) is 18.0 Å². The smallest absolute Gasteiger partial charge is 0.255 e. The number of pyridine rings is 1. The number of hydrogen-bond donors (Lipinski definition) is 1. The van der Waals surface area contributed by atoms with Crippen molar-refractivity contribution in [2.24, 2.45) is 5.92 Å². The maximum absolute atomic E-state index is 12.8. The number of hydrogen-bond acceptors (Lipinski definition) is 4. The highest BCUT2D eigenvalue weighted by molar-refractivity contribution is 5.99. The van der Waals surface area contributed by atoms with E-state index in [2.05, 4.69) is 64.3 Å². The van der Waals surface area contributed by atoms with Crippen LogP contribution in [0.4, 0.5) is 5.69 Å². The molecular weight excluding hydrogens is 396 g/mol. The van der Waals surface area contributed by atoms with E-state index in [-0.39, 0.29) is 5.91 Å². The minimum absolute atomic E-state index is 0.00794. The van der Waals surface area contributed by atoms with Gasteiger partial charge in [0.25, 0.3) is 5.91 Å². The second kappa shape index (κ2) is 10.8. The van der Waals surface area contributed by atoms with E-state index in [9.17, 15) is 4.79 Å². The third kappa shape index (κ3) is 5.57. The molecule has 3 heterocycles. The average Bonchev–Trinajstić information content (AvgIpc) is 3.34. The van der Waals surface area contributed by atoms with E-state index in [0.717, 1.165) is 38.4 Å². The van der Waals surface area contributed by atoms with E-state index >= 15 is 0 Å². The monoisotopic (exact) mass is 432 g/mol. The van der Waals surface area contributed by atoms with Gasteiger partial charge in [0.05, 0.1) is 11.3 Å². The van der Waals surface area contributed by atoms with Gasteiger partial charge in [-0.2, -0.15) is 0 Å².